The average molecular weight is 414 g/mol. The molecular weight excluding hydrogens is 395 g/mol. The summed E-state index contributed by atoms with van der Waals surface area (Å²) < 4.78 is 28.3. The lowest BCUT2D eigenvalue weighted by Gasteiger charge is -2.08. The van der Waals surface area contributed by atoms with Crippen molar-refractivity contribution in [2.24, 2.45) is 0 Å². The molecule has 156 valence electrons. The Labute approximate surface area is 171 Å². The van der Waals surface area contributed by atoms with E-state index in [0.29, 0.717) is 17.1 Å². The van der Waals surface area contributed by atoms with Gasteiger partial charge in [0.1, 0.15) is 17.3 Å². The van der Waals surface area contributed by atoms with E-state index in [4.69, 9.17) is 14.0 Å². The first-order chi connectivity index (χ1) is 14.5. The number of carbonyl (C=O) groups excluding carboxylic acids is 2. The van der Waals surface area contributed by atoms with Gasteiger partial charge >= 0.3 is 11.8 Å². The predicted octanol–water partition coefficient (Wildman–Crippen LogP) is 1.81. The summed E-state index contributed by atoms with van der Waals surface area (Å²) in [6.07, 6.45) is 0. The van der Waals surface area contributed by atoms with E-state index in [1.54, 1.807) is 31.4 Å². The van der Waals surface area contributed by atoms with E-state index in [-0.39, 0.29) is 37.3 Å². The Bertz CT molecular complexity index is 989. The van der Waals surface area contributed by atoms with E-state index >= 15 is 0 Å². The molecule has 3 rings (SSSR count). The monoisotopic (exact) mass is 414 g/mol. The molecule has 1 heterocycles. The number of hydrogen-bond donors (Lipinski definition) is 2. The Kier molecular flexibility index (Phi) is 6.93. The van der Waals surface area contributed by atoms with Gasteiger partial charge in [-0.3, -0.25) is 9.59 Å². The van der Waals surface area contributed by atoms with Gasteiger partial charge in [0.2, 0.25) is 5.82 Å². The molecule has 0 radical (unpaired) electrons. The first-order valence-corrected chi connectivity index (χ1v) is 8.96. The topological polar surface area (TPSA) is 116 Å². The third-order valence-corrected chi connectivity index (χ3v) is 3.88. The second-order valence-electron chi connectivity index (χ2n) is 6.00. The summed E-state index contributed by atoms with van der Waals surface area (Å²) in [7, 11) is 1.56. The van der Waals surface area contributed by atoms with E-state index in [9.17, 15) is 14.0 Å². The van der Waals surface area contributed by atoms with Gasteiger partial charge in [0.15, 0.2) is 6.61 Å². The SMILES string of the molecule is COc1ccc(OCC(=O)NCCNC(=O)c2nc(-c3ccc(F)cc3)no2)cc1. The lowest BCUT2D eigenvalue weighted by Crippen LogP contribution is -2.36. The molecular formula is C20H19FN4O5. The zero-order chi connectivity index (χ0) is 21.3. The maximum atomic E-state index is 13.0. The van der Waals surface area contributed by atoms with Gasteiger partial charge in [-0.1, -0.05) is 5.16 Å². The van der Waals surface area contributed by atoms with Gasteiger partial charge in [-0.2, -0.15) is 4.98 Å². The Morgan fingerprint density at radius 1 is 1.00 bits per heavy atom. The average Bonchev–Trinajstić information content (AvgIpc) is 3.26. The van der Waals surface area contributed by atoms with E-state index in [0.717, 1.165) is 0 Å². The van der Waals surface area contributed by atoms with E-state index in [1.807, 2.05) is 0 Å². The number of benzene rings is 2. The quantitative estimate of drug-likeness (QED) is 0.513. The summed E-state index contributed by atoms with van der Waals surface area (Å²) in [6, 6.07) is 12.3. The molecule has 9 nitrogen and oxygen atoms in total. The highest BCUT2D eigenvalue weighted by atomic mass is 19.1. The number of aromatic nitrogens is 2. The molecule has 0 aliphatic heterocycles. The van der Waals surface area contributed by atoms with Crippen LogP contribution < -0.4 is 20.1 Å². The fourth-order valence-electron chi connectivity index (χ4n) is 2.36. The molecule has 30 heavy (non-hydrogen) atoms. The molecule has 0 aliphatic carbocycles. The number of nitrogens with zero attached hydrogens (tertiary/aromatic N) is 2. The number of ether oxygens (including phenoxy) is 2. The lowest BCUT2D eigenvalue weighted by atomic mass is 10.2. The molecule has 0 atom stereocenters. The molecule has 0 unspecified atom stereocenters. The van der Waals surface area contributed by atoms with Gasteiger partial charge in [-0.05, 0) is 48.5 Å². The number of rotatable bonds is 9. The summed E-state index contributed by atoms with van der Waals surface area (Å²) in [4.78, 5) is 27.8. The number of amides is 2. The van der Waals surface area contributed by atoms with Crippen molar-refractivity contribution in [3.05, 3.63) is 60.2 Å². The Morgan fingerprint density at radius 3 is 2.37 bits per heavy atom. The molecule has 1 aromatic heterocycles. The third-order valence-electron chi connectivity index (χ3n) is 3.88. The fourth-order valence-corrected chi connectivity index (χ4v) is 2.36. The molecule has 0 bridgehead atoms. The van der Waals surface area contributed by atoms with Crippen LogP contribution >= 0.6 is 0 Å². The smallest absolute Gasteiger partial charge is 0.316 e. The first-order valence-electron chi connectivity index (χ1n) is 8.96. The fraction of sp³-hybridized carbons (Fsp3) is 0.200. The van der Waals surface area contributed by atoms with Crippen molar-refractivity contribution in [3.8, 4) is 22.9 Å². The maximum absolute atomic E-state index is 13.0. The van der Waals surface area contributed by atoms with Gasteiger partial charge in [-0.15, -0.1) is 0 Å². The molecule has 10 heteroatoms. The molecule has 0 saturated heterocycles. The molecule has 0 fully saturated rings. The minimum atomic E-state index is -0.584. The molecule has 0 saturated carbocycles. The molecule has 0 aliphatic rings. The molecule has 0 spiro atoms. The van der Waals surface area contributed by atoms with E-state index in [2.05, 4.69) is 20.8 Å². The summed E-state index contributed by atoms with van der Waals surface area (Å²) in [5, 5.41) is 8.86. The zero-order valence-electron chi connectivity index (χ0n) is 16.1. The van der Waals surface area contributed by atoms with Gasteiger partial charge in [0, 0.05) is 18.7 Å². The van der Waals surface area contributed by atoms with Crippen LogP contribution in [0.3, 0.4) is 0 Å². The van der Waals surface area contributed by atoms with E-state index < -0.39 is 11.7 Å². The lowest BCUT2D eigenvalue weighted by molar-refractivity contribution is -0.123. The van der Waals surface area contributed by atoms with Gasteiger partial charge in [0.05, 0.1) is 7.11 Å². The van der Waals surface area contributed by atoms with Crippen molar-refractivity contribution >= 4 is 11.8 Å². The standard InChI is InChI=1S/C20H19FN4O5/c1-28-15-6-8-16(9-7-15)29-12-17(26)22-10-11-23-19(27)20-24-18(25-30-20)13-2-4-14(21)5-3-13/h2-9H,10-12H2,1H3,(H,22,26)(H,23,27). The highest BCUT2D eigenvalue weighted by Gasteiger charge is 2.15. The molecule has 2 N–H and O–H groups in total. The van der Waals surface area contributed by atoms with Crippen LogP contribution in [0.5, 0.6) is 11.5 Å². The minimum absolute atomic E-state index is 0.154. The predicted molar refractivity (Wildman–Crippen MR) is 104 cm³/mol. The molecule has 2 amide bonds. The van der Waals surface area contributed by atoms with Crippen molar-refractivity contribution in [2.75, 3.05) is 26.8 Å². The number of halogens is 1. The second kappa shape index (κ2) is 10.0. The third kappa shape index (κ3) is 5.77. The van der Waals surface area contributed by atoms with Crippen LogP contribution in [0.2, 0.25) is 0 Å². The highest BCUT2D eigenvalue weighted by molar-refractivity contribution is 5.89. The second-order valence-corrected chi connectivity index (χ2v) is 6.00. The molecule has 2 aromatic carbocycles. The van der Waals surface area contributed by atoms with Crippen molar-refractivity contribution in [2.45, 2.75) is 0 Å². The Balaban J connectivity index is 1.37. The Hall–Kier alpha value is -3.95. The van der Waals surface area contributed by atoms with Crippen LogP contribution in [0.15, 0.2) is 53.1 Å². The van der Waals surface area contributed by atoms with Crippen LogP contribution in [0.1, 0.15) is 10.7 Å². The van der Waals surface area contributed by atoms with Gasteiger partial charge in [-0.25, -0.2) is 4.39 Å². The van der Waals surface area contributed by atoms with Gasteiger partial charge in [0.25, 0.3) is 5.91 Å². The summed E-state index contributed by atoms with van der Waals surface area (Å²) >= 11 is 0. The maximum Gasteiger partial charge on any atom is 0.316 e. The Morgan fingerprint density at radius 2 is 1.67 bits per heavy atom. The first kappa shape index (κ1) is 20.8. The van der Waals surface area contributed by atoms with Crippen molar-refractivity contribution in [1.29, 1.82) is 0 Å². The van der Waals surface area contributed by atoms with E-state index in [1.165, 1.54) is 24.3 Å². The van der Waals surface area contributed by atoms with Crippen molar-refractivity contribution < 1.29 is 28.0 Å². The summed E-state index contributed by atoms with van der Waals surface area (Å²) in [5.74, 6) is -0.151. The van der Waals surface area contributed by atoms with Crippen LogP contribution in [0.4, 0.5) is 4.39 Å². The summed E-state index contributed by atoms with van der Waals surface area (Å²) in [6.45, 7) is 0.182. The van der Waals surface area contributed by atoms with Crippen LogP contribution in [-0.4, -0.2) is 48.8 Å². The van der Waals surface area contributed by atoms with Crippen LogP contribution in [0, 0.1) is 5.82 Å². The van der Waals surface area contributed by atoms with Gasteiger partial charge < -0.3 is 24.6 Å². The number of carbonyl (C=O) groups is 2. The van der Waals surface area contributed by atoms with Crippen molar-refractivity contribution in [3.63, 3.8) is 0 Å². The number of hydrogen-bond acceptors (Lipinski definition) is 7. The number of methoxy groups -OCH3 is 1. The van der Waals surface area contributed by atoms with Crippen LogP contribution in [0.25, 0.3) is 11.4 Å². The zero-order valence-corrected chi connectivity index (χ0v) is 16.1. The summed E-state index contributed by atoms with van der Waals surface area (Å²) in [5.41, 5.74) is 0.517. The van der Waals surface area contributed by atoms with Crippen molar-refractivity contribution in [1.82, 2.24) is 20.8 Å². The normalized spacial score (nSPS) is 10.3. The molecule has 3 aromatic rings. The largest absolute Gasteiger partial charge is 0.497 e. The number of nitrogens with one attached hydrogen (secondary N) is 2. The highest BCUT2D eigenvalue weighted by Crippen LogP contribution is 2.17. The minimum Gasteiger partial charge on any atom is -0.497 e. The van der Waals surface area contributed by atoms with Crippen LogP contribution in [-0.2, 0) is 4.79 Å².